The molecule has 2 atom stereocenters. The molecule has 0 saturated carbocycles. The number of ether oxygens (including phenoxy) is 1. The first kappa shape index (κ1) is 12.4. The predicted molar refractivity (Wildman–Crippen MR) is 60.9 cm³/mol. The zero-order valence-corrected chi connectivity index (χ0v) is 10.2. The third-order valence-electron chi connectivity index (χ3n) is 2.91. The number of rotatable bonds is 4. The molecule has 2 rings (SSSR count). The van der Waals surface area contributed by atoms with E-state index in [0.29, 0.717) is 12.2 Å². The molecule has 2 unspecified atom stereocenters. The zero-order chi connectivity index (χ0) is 12.3. The van der Waals surface area contributed by atoms with Gasteiger partial charge in [-0.25, -0.2) is 0 Å². The molecule has 1 saturated heterocycles. The lowest BCUT2D eigenvalue weighted by molar-refractivity contribution is -0.0387. The average Bonchev–Trinajstić information content (AvgIpc) is 2.72. The van der Waals surface area contributed by atoms with Crippen molar-refractivity contribution in [2.75, 3.05) is 26.7 Å². The van der Waals surface area contributed by atoms with Crippen LogP contribution >= 0.6 is 0 Å². The summed E-state index contributed by atoms with van der Waals surface area (Å²) in [7, 11) is 3.82. The van der Waals surface area contributed by atoms with Crippen LogP contribution in [0.25, 0.3) is 0 Å². The summed E-state index contributed by atoms with van der Waals surface area (Å²) < 4.78 is 5.71. The summed E-state index contributed by atoms with van der Waals surface area (Å²) in [5.41, 5.74) is 2.78. The second-order valence-electron chi connectivity index (χ2n) is 4.34. The van der Waals surface area contributed by atoms with Crippen LogP contribution in [0.2, 0.25) is 0 Å². The second kappa shape index (κ2) is 5.50. The third-order valence-corrected chi connectivity index (χ3v) is 2.91. The van der Waals surface area contributed by atoms with Crippen LogP contribution in [0.1, 0.15) is 5.82 Å². The maximum Gasteiger partial charge on any atom is 0.176 e. The van der Waals surface area contributed by atoms with Crippen LogP contribution in [0.3, 0.4) is 0 Å². The van der Waals surface area contributed by atoms with Crippen LogP contribution in [0.5, 0.6) is 0 Å². The average molecular weight is 241 g/mol. The van der Waals surface area contributed by atoms with Gasteiger partial charge in [0.15, 0.2) is 5.82 Å². The maximum atomic E-state index is 5.71. The van der Waals surface area contributed by atoms with Crippen molar-refractivity contribution in [3.8, 4) is 0 Å². The number of aromatic nitrogens is 4. The highest BCUT2D eigenvalue weighted by molar-refractivity contribution is 4.90. The fraction of sp³-hybridized carbons (Fsp3) is 0.889. The minimum atomic E-state index is 0.00181. The van der Waals surface area contributed by atoms with Gasteiger partial charge >= 0.3 is 0 Å². The van der Waals surface area contributed by atoms with Crippen LogP contribution in [-0.4, -0.2) is 64.0 Å². The molecule has 1 aliphatic heterocycles. The summed E-state index contributed by atoms with van der Waals surface area (Å²) in [5.74, 6) is 6.25. The van der Waals surface area contributed by atoms with Gasteiger partial charge in [0.1, 0.15) is 0 Å². The molecule has 1 aliphatic rings. The minimum Gasteiger partial charge on any atom is -0.374 e. The van der Waals surface area contributed by atoms with Gasteiger partial charge < -0.3 is 9.64 Å². The first-order valence-electron chi connectivity index (χ1n) is 5.68. The first-order chi connectivity index (χ1) is 8.19. The van der Waals surface area contributed by atoms with Crippen LogP contribution in [0.4, 0.5) is 0 Å². The molecule has 0 amide bonds. The highest BCUT2D eigenvalue weighted by atomic mass is 16.5. The number of aryl methyl sites for hydroxylation is 1. The Hall–Kier alpha value is -1.09. The molecule has 96 valence electrons. The number of hydrazine groups is 1. The molecule has 3 N–H and O–H groups in total. The van der Waals surface area contributed by atoms with E-state index in [4.69, 9.17) is 10.6 Å². The molecule has 1 aromatic rings. The van der Waals surface area contributed by atoms with Gasteiger partial charge in [-0.2, -0.15) is 4.80 Å². The zero-order valence-electron chi connectivity index (χ0n) is 10.2. The first-order valence-corrected chi connectivity index (χ1v) is 5.68. The topological polar surface area (TPSA) is 94.1 Å². The Morgan fingerprint density at radius 2 is 2.41 bits per heavy atom. The number of likely N-dealkylation sites (N-methyl/N-ethyl adjacent to an activating group) is 1. The summed E-state index contributed by atoms with van der Waals surface area (Å²) in [6, 6.07) is 0.00181. The quantitative estimate of drug-likeness (QED) is 0.461. The molecular weight excluding hydrogens is 222 g/mol. The third kappa shape index (κ3) is 3.19. The highest BCUT2D eigenvalue weighted by Gasteiger charge is 2.27. The van der Waals surface area contributed by atoms with Crippen molar-refractivity contribution in [3.05, 3.63) is 5.82 Å². The van der Waals surface area contributed by atoms with Gasteiger partial charge in [-0.3, -0.25) is 11.3 Å². The number of hydrogen-bond acceptors (Lipinski definition) is 7. The molecule has 0 spiro atoms. The number of nitrogens with one attached hydrogen (secondary N) is 1. The Balaban J connectivity index is 1.95. The van der Waals surface area contributed by atoms with Gasteiger partial charge in [0, 0.05) is 19.5 Å². The Kier molecular flexibility index (Phi) is 4.00. The van der Waals surface area contributed by atoms with Gasteiger partial charge in [0.2, 0.25) is 0 Å². The predicted octanol–water partition coefficient (Wildman–Crippen LogP) is -2.08. The molecule has 0 bridgehead atoms. The van der Waals surface area contributed by atoms with Crippen LogP contribution in [0.15, 0.2) is 0 Å². The van der Waals surface area contributed by atoms with E-state index in [2.05, 4.69) is 32.8 Å². The van der Waals surface area contributed by atoms with Crippen molar-refractivity contribution in [2.45, 2.75) is 18.6 Å². The Bertz CT molecular complexity index is 355. The van der Waals surface area contributed by atoms with Crippen molar-refractivity contribution in [3.63, 3.8) is 0 Å². The standard InChI is InChI=1S/C9H19N7O/c1-15-3-4-17-8(6-15)7(11-10)5-9-12-14-16(2)13-9/h7-8,11H,3-6,10H2,1-2H3. The van der Waals surface area contributed by atoms with Crippen molar-refractivity contribution >= 4 is 0 Å². The normalized spacial score (nSPS) is 23.8. The van der Waals surface area contributed by atoms with Crippen molar-refractivity contribution in [1.29, 1.82) is 0 Å². The molecular formula is C9H19N7O. The molecule has 0 radical (unpaired) electrons. The highest BCUT2D eigenvalue weighted by Crippen LogP contribution is 2.09. The molecule has 8 nitrogen and oxygen atoms in total. The van der Waals surface area contributed by atoms with E-state index in [1.165, 1.54) is 4.80 Å². The fourth-order valence-electron chi connectivity index (χ4n) is 1.95. The number of nitrogens with zero attached hydrogens (tertiary/aromatic N) is 5. The summed E-state index contributed by atoms with van der Waals surface area (Å²) >= 11 is 0. The van der Waals surface area contributed by atoms with Gasteiger partial charge in [-0.15, -0.1) is 10.2 Å². The summed E-state index contributed by atoms with van der Waals surface area (Å²) in [6.45, 7) is 2.54. The molecule has 1 fully saturated rings. The van der Waals surface area contributed by atoms with E-state index in [-0.39, 0.29) is 12.1 Å². The molecule has 8 heteroatoms. The van der Waals surface area contributed by atoms with Crippen LogP contribution in [0, 0.1) is 0 Å². The lowest BCUT2D eigenvalue weighted by atomic mass is 10.1. The van der Waals surface area contributed by atoms with E-state index in [9.17, 15) is 0 Å². The van der Waals surface area contributed by atoms with Crippen molar-refractivity contribution < 1.29 is 4.74 Å². The Morgan fingerprint density at radius 3 is 3.00 bits per heavy atom. The van der Waals surface area contributed by atoms with Crippen LogP contribution < -0.4 is 11.3 Å². The molecule has 2 heterocycles. The monoisotopic (exact) mass is 241 g/mol. The second-order valence-corrected chi connectivity index (χ2v) is 4.34. The van der Waals surface area contributed by atoms with Crippen molar-refractivity contribution in [2.24, 2.45) is 12.9 Å². The SMILES string of the molecule is CN1CCOC(C(Cc2nnn(C)n2)NN)C1. The number of morpholine rings is 1. The molecule has 17 heavy (non-hydrogen) atoms. The summed E-state index contributed by atoms with van der Waals surface area (Å²) in [6.07, 6.45) is 0.672. The lowest BCUT2D eigenvalue weighted by Crippen LogP contribution is -2.54. The summed E-state index contributed by atoms with van der Waals surface area (Å²) in [5, 5.41) is 11.9. The van der Waals surface area contributed by atoms with Gasteiger partial charge in [-0.05, 0) is 12.3 Å². The van der Waals surface area contributed by atoms with Gasteiger partial charge in [0.05, 0.1) is 25.8 Å². The van der Waals surface area contributed by atoms with E-state index >= 15 is 0 Å². The largest absolute Gasteiger partial charge is 0.374 e. The maximum absolute atomic E-state index is 5.71. The van der Waals surface area contributed by atoms with Crippen molar-refractivity contribution in [1.82, 2.24) is 30.5 Å². The Labute approximate surface area is 100 Å². The van der Waals surface area contributed by atoms with E-state index in [0.717, 1.165) is 19.7 Å². The van der Waals surface area contributed by atoms with E-state index in [1.54, 1.807) is 7.05 Å². The molecule has 0 aliphatic carbocycles. The molecule has 1 aromatic heterocycles. The lowest BCUT2D eigenvalue weighted by Gasteiger charge is -2.34. The summed E-state index contributed by atoms with van der Waals surface area (Å²) in [4.78, 5) is 3.67. The smallest absolute Gasteiger partial charge is 0.176 e. The number of hydrogen-bond donors (Lipinski definition) is 2. The molecule has 0 aromatic carbocycles. The minimum absolute atomic E-state index is 0.00181. The fourth-order valence-corrected chi connectivity index (χ4v) is 1.95. The Morgan fingerprint density at radius 1 is 1.59 bits per heavy atom. The van der Waals surface area contributed by atoms with E-state index < -0.39 is 0 Å². The van der Waals surface area contributed by atoms with Gasteiger partial charge in [-0.1, -0.05) is 0 Å². The van der Waals surface area contributed by atoms with Gasteiger partial charge in [0.25, 0.3) is 0 Å². The van der Waals surface area contributed by atoms with Crippen LogP contribution in [-0.2, 0) is 18.2 Å². The number of nitrogens with two attached hydrogens (primary N) is 1. The number of tetrazole rings is 1. The van der Waals surface area contributed by atoms with E-state index in [1.807, 2.05) is 0 Å².